The van der Waals surface area contributed by atoms with Gasteiger partial charge in [0.25, 0.3) is 0 Å². The normalized spacial score (nSPS) is 25.2. The van der Waals surface area contributed by atoms with E-state index in [9.17, 15) is 13.2 Å². The van der Waals surface area contributed by atoms with E-state index in [0.717, 1.165) is 0 Å². The van der Waals surface area contributed by atoms with Crippen molar-refractivity contribution in [2.24, 2.45) is 5.92 Å². The van der Waals surface area contributed by atoms with E-state index < -0.39 is 9.84 Å². The predicted molar refractivity (Wildman–Crippen MR) is 60.9 cm³/mol. The monoisotopic (exact) mass is 249 g/mol. The van der Waals surface area contributed by atoms with E-state index in [-0.39, 0.29) is 29.4 Å². The Balaban J connectivity index is 2.28. The second kappa shape index (κ2) is 5.63. The van der Waals surface area contributed by atoms with Crippen LogP contribution in [-0.4, -0.2) is 45.1 Å². The summed E-state index contributed by atoms with van der Waals surface area (Å²) in [5.74, 6) is 0.341. The zero-order valence-corrected chi connectivity index (χ0v) is 10.5. The molecule has 1 aliphatic heterocycles. The Labute approximate surface area is 96.5 Å². The summed E-state index contributed by atoms with van der Waals surface area (Å²) >= 11 is 0. The summed E-state index contributed by atoms with van der Waals surface area (Å²) in [4.78, 5) is 11.3. The first-order valence-electron chi connectivity index (χ1n) is 5.55. The molecule has 94 valence electrons. The van der Waals surface area contributed by atoms with Gasteiger partial charge in [-0.2, -0.15) is 0 Å². The molecule has 0 spiro atoms. The van der Waals surface area contributed by atoms with Gasteiger partial charge in [0.15, 0.2) is 9.84 Å². The summed E-state index contributed by atoms with van der Waals surface area (Å²) in [6.45, 7) is 4.40. The molecule has 1 aliphatic rings. The average Bonchev–Trinajstić information content (AvgIpc) is 2.55. The topological polar surface area (TPSA) is 72.5 Å². The van der Waals surface area contributed by atoms with E-state index in [1.807, 2.05) is 0 Å². The van der Waals surface area contributed by atoms with Crippen molar-refractivity contribution >= 4 is 15.8 Å². The number of nitrogens with one attached hydrogen (secondary N) is 1. The fraction of sp³-hybridized carbons (Fsp3) is 0.900. The number of hydrogen-bond acceptors (Lipinski definition) is 5. The molecule has 1 heterocycles. The Hall–Kier alpha value is -0.620. The van der Waals surface area contributed by atoms with Crippen LogP contribution in [-0.2, 0) is 19.4 Å². The van der Waals surface area contributed by atoms with Gasteiger partial charge in [-0.15, -0.1) is 0 Å². The summed E-state index contributed by atoms with van der Waals surface area (Å²) in [5.41, 5.74) is 0. The first-order chi connectivity index (χ1) is 7.44. The smallest absolute Gasteiger partial charge is 0.322 e. The molecule has 1 rings (SSSR count). The Morgan fingerprint density at radius 3 is 2.75 bits per heavy atom. The van der Waals surface area contributed by atoms with Crippen LogP contribution in [0, 0.1) is 5.92 Å². The van der Waals surface area contributed by atoms with Gasteiger partial charge >= 0.3 is 5.97 Å². The summed E-state index contributed by atoms with van der Waals surface area (Å²) in [6.07, 6.45) is 0.685. The number of carbonyl (C=O) groups excluding carboxylic acids is 1. The van der Waals surface area contributed by atoms with Gasteiger partial charge in [0.1, 0.15) is 6.04 Å². The molecule has 16 heavy (non-hydrogen) atoms. The number of carbonyl (C=O) groups is 1. The number of rotatable bonds is 5. The Bertz CT molecular complexity index is 339. The van der Waals surface area contributed by atoms with Gasteiger partial charge in [-0.3, -0.25) is 4.79 Å². The zero-order valence-electron chi connectivity index (χ0n) is 9.73. The highest BCUT2D eigenvalue weighted by atomic mass is 32.2. The standard InChI is InChI=1S/C10H19NO4S/c1-3-15-10(12)8(2)11-6-9-4-5-16(13,14)7-9/h8-9,11H,3-7H2,1-2H3. The van der Waals surface area contributed by atoms with Crippen molar-refractivity contribution in [1.29, 1.82) is 0 Å². The highest BCUT2D eigenvalue weighted by molar-refractivity contribution is 7.91. The molecule has 0 aromatic carbocycles. The molecule has 5 nitrogen and oxygen atoms in total. The van der Waals surface area contributed by atoms with Crippen LogP contribution in [0.2, 0.25) is 0 Å². The van der Waals surface area contributed by atoms with E-state index in [2.05, 4.69) is 5.32 Å². The Morgan fingerprint density at radius 2 is 2.25 bits per heavy atom. The van der Waals surface area contributed by atoms with Gasteiger partial charge < -0.3 is 10.1 Å². The van der Waals surface area contributed by atoms with E-state index in [1.165, 1.54) is 0 Å². The molecule has 1 fully saturated rings. The lowest BCUT2D eigenvalue weighted by Crippen LogP contribution is -2.38. The van der Waals surface area contributed by atoms with Crippen LogP contribution in [0.1, 0.15) is 20.3 Å². The fourth-order valence-corrected chi connectivity index (χ4v) is 3.59. The highest BCUT2D eigenvalue weighted by Crippen LogP contribution is 2.17. The second-order valence-corrected chi connectivity index (χ2v) is 6.38. The largest absolute Gasteiger partial charge is 0.465 e. The van der Waals surface area contributed by atoms with Crippen LogP contribution < -0.4 is 5.32 Å². The molecule has 0 aromatic rings. The molecule has 0 radical (unpaired) electrons. The number of hydrogen-bond donors (Lipinski definition) is 1. The van der Waals surface area contributed by atoms with E-state index in [0.29, 0.717) is 19.6 Å². The summed E-state index contributed by atoms with van der Waals surface area (Å²) < 4.78 is 27.2. The quantitative estimate of drug-likeness (QED) is 0.692. The molecule has 0 bridgehead atoms. The minimum atomic E-state index is -2.83. The van der Waals surface area contributed by atoms with E-state index >= 15 is 0 Å². The molecule has 0 saturated carbocycles. The van der Waals surface area contributed by atoms with Crippen LogP contribution in [0.25, 0.3) is 0 Å². The zero-order chi connectivity index (χ0) is 12.2. The van der Waals surface area contributed by atoms with Gasteiger partial charge in [0.2, 0.25) is 0 Å². The molecule has 0 amide bonds. The summed E-state index contributed by atoms with van der Waals surface area (Å²) in [6, 6.07) is -0.372. The molecule has 0 aliphatic carbocycles. The van der Waals surface area contributed by atoms with Crippen molar-refractivity contribution in [3.8, 4) is 0 Å². The lowest BCUT2D eigenvalue weighted by atomic mass is 10.1. The van der Waals surface area contributed by atoms with Crippen LogP contribution >= 0.6 is 0 Å². The van der Waals surface area contributed by atoms with E-state index in [1.54, 1.807) is 13.8 Å². The third kappa shape index (κ3) is 4.09. The highest BCUT2D eigenvalue weighted by Gasteiger charge is 2.28. The first kappa shape index (κ1) is 13.4. The summed E-state index contributed by atoms with van der Waals surface area (Å²) in [5, 5.41) is 3.01. The van der Waals surface area contributed by atoms with Gasteiger partial charge in [-0.05, 0) is 32.7 Å². The van der Waals surface area contributed by atoms with Gasteiger partial charge in [-0.1, -0.05) is 0 Å². The van der Waals surface area contributed by atoms with Crippen molar-refractivity contribution in [2.45, 2.75) is 26.3 Å². The maximum Gasteiger partial charge on any atom is 0.322 e. The number of sulfone groups is 1. The van der Waals surface area contributed by atoms with E-state index in [4.69, 9.17) is 4.74 Å². The van der Waals surface area contributed by atoms with Crippen molar-refractivity contribution in [2.75, 3.05) is 24.7 Å². The van der Waals surface area contributed by atoms with Crippen LogP contribution in [0.15, 0.2) is 0 Å². The fourth-order valence-electron chi connectivity index (χ4n) is 1.73. The SMILES string of the molecule is CCOC(=O)C(C)NCC1CCS(=O)(=O)C1. The Kier molecular flexibility index (Phi) is 4.73. The molecule has 2 unspecified atom stereocenters. The second-order valence-electron chi connectivity index (χ2n) is 4.15. The van der Waals surface area contributed by atoms with Crippen LogP contribution in [0.4, 0.5) is 0 Å². The van der Waals surface area contributed by atoms with Crippen LogP contribution in [0.5, 0.6) is 0 Å². The molecular weight excluding hydrogens is 230 g/mol. The maximum absolute atomic E-state index is 11.3. The molecule has 6 heteroatoms. The molecular formula is C10H19NO4S. The average molecular weight is 249 g/mol. The van der Waals surface area contributed by atoms with Gasteiger partial charge in [0, 0.05) is 0 Å². The third-order valence-corrected chi connectivity index (χ3v) is 4.52. The maximum atomic E-state index is 11.3. The van der Waals surface area contributed by atoms with Crippen molar-refractivity contribution in [3.05, 3.63) is 0 Å². The minimum Gasteiger partial charge on any atom is -0.465 e. The summed E-state index contributed by atoms with van der Waals surface area (Å²) in [7, 11) is -2.83. The molecule has 2 atom stereocenters. The lowest BCUT2D eigenvalue weighted by molar-refractivity contribution is -0.145. The first-order valence-corrected chi connectivity index (χ1v) is 7.37. The minimum absolute atomic E-state index is 0.127. The van der Waals surface area contributed by atoms with Crippen molar-refractivity contribution in [3.63, 3.8) is 0 Å². The van der Waals surface area contributed by atoms with Crippen molar-refractivity contribution < 1.29 is 17.9 Å². The van der Waals surface area contributed by atoms with Crippen molar-refractivity contribution in [1.82, 2.24) is 5.32 Å². The number of ether oxygens (including phenoxy) is 1. The lowest BCUT2D eigenvalue weighted by Gasteiger charge is -2.14. The molecule has 1 N–H and O–H groups in total. The molecule has 0 aromatic heterocycles. The Morgan fingerprint density at radius 1 is 1.56 bits per heavy atom. The molecule has 1 saturated heterocycles. The van der Waals surface area contributed by atoms with Crippen LogP contribution in [0.3, 0.4) is 0 Å². The third-order valence-electron chi connectivity index (χ3n) is 2.68. The van der Waals surface area contributed by atoms with Gasteiger partial charge in [0.05, 0.1) is 18.1 Å². The number of esters is 1. The predicted octanol–water partition coefficient (Wildman–Crippen LogP) is -0.0377. The van der Waals surface area contributed by atoms with Gasteiger partial charge in [-0.25, -0.2) is 8.42 Å².